The minimum absolute atomic E-state index is 0.261. The van der Waals surface area contributed by atoms with E-state index in [2.05, 4.69) is 38.4 Å². The van der Waals surface area contributed by atoms with Crippen LogP contribution in [0.3, 0.4) is 0 Å². The highest BCUT2D eigenvalue weighted by molar-refractivity contribution is 6.38. The molecule has 2 heterocycles. The Morgan fingerprint density at radius 3 is 2.92 bits per heavy atom. The fourth-order valence-corrected chi connectivity index (χ4v) is 3.30. The summed E-state index contributed by atoms with van der Waals surface area (Å²) in [6.45, 7) is 5.46. The van der Waals surface area contributed by atoms with Crippen LogP contribution in [0.25, 0.3) is 0 Å². The lowest BCUT2D eigenvalue weighted by Crippen LogP contribution is -2.37. The quantitative estimate of drug-likeness (QED) is 0.697. The van der Waals surface area contributed by atoms with Gasteiger partial charge in [0.2, 0.25) is 0 Å². The van der Waals surface area contributed by atoms with E-state index >= 15 is 0 Å². The van der Waals surface area contributed by atoms with E-state index in [-0.39, 0.29) is 5.71 Å². The van der Waals surface area contributed by atoms with Crippen molar-refractivity contribution in [3.05, 3.63) is 41.3 Å². The Labute approximate surface area is 147 Å². The zero-order valence-corrected chi connectivity index (χ0v) is 14.6. The molecule has 7 nitrogen and oxygen atoms in total. The maximum Gasteiger partial charge on any atom is 0.262 e. The highest BCUT2D eigenvalue weighted by Gasteiger charge is 2.32. The van der Waals surface area contributed by atoms with Crippen LogP contribution in [-0.2, 0) is 4.79 Å². The summed E-state index contributed by atoms with van der Waals surface area (Å²) in [7, 11) is 0. The molecule has 0 bridgehead atoms. The van der Waals surface area contributed by atoms with Gasteiger partial charge in [-0.3, -0.25) is 9.79 Å². The minimum Gasteiger partial charge on any atom is -0.365 e. The van der Waals surface area contributed by atoms with E-state index in [4.69, 9.17) is 11.5 Å². The first-order valence-corrected chi connectivity index (χ1v) is 8.44. The Kier molecular flexibility index (Phi) is 4.85. The van der Waals surface area contributed by atoms with Gasteiger partial charge in [0.15, 0.2) is 0 Å². The first kappa shape index (κ1) is 17.2. The number of hydrogen-bond donors (Lipinski definition) is 3. The molecule has 0 fully saturated rings. The highest BCUT2D eigenvalue weighted by Crippen LogP contribution is 2.40. The standard InChI is InChI=1S/C18H24N6O/c1-11-16(23-12(2)17(20)25)18(22-10-21-11)24-9-13(7-8-19)14-5-3-4-6-15(14)24/h3-6,13,22H,7-10,19H2,1-2H3,(H2,20,25)/b23-12+. The lowest BCUT2D eigenvalue weighted by Gasteiger charge is -2.28. The molecule has 2 aliphatic heterocycles. The predicted octanol–water partition coefficient (Wildman–Crippen LogP) is 1.08. The number of nitrogens with zero attached hydrogens (tertiary/aromatic N) is 3. The average Bonchev–Trinajstić information content (AvgIpc) is 2.96. The molecule has 1 aromatic rings. The Morgan fingerprint density at radius 2 is 2.20 bits per heavy atom. The van der Waals surface area contributed by atoms with E-state index in [1.165, 1.54) is 5.56 Å². The van der Waals surface area contributed by atoms with E-state index in [0.717, 1.165) is 30.2 Å². The molecule has 1 aromatic carbocycles. The van der Waals surface area contributed by atoms with Crippen molar-refractivity contribution in [2.45, 2.75) is 26.2 Å². The van der Waals surface area contributed by atoms with Gasteiger partial charge in [0.1, 0.15) is 23.9 Å². The number of rotatable bonds is 5. The van der Waals surface area contributed by atoms with Crippen molar-refractivity contribution in [2.24, 2.45) is 21.5 Å². The summed E-state index contributed by atoms with van der Waals surface area (Å²) < 4.78 is 0. The number of carbonyl (C=O) groups is 1. The van der Waals surface area contributed by atoms with Gasteiger partial charge in [0.25, 0.3) is 5.91 Å². The largest absolute Gasteiger partial charge is 0.365 e. The Bertz CT molecular complexity index is 780. The van der Waals surface area contributed by atoms with Gasteiger partial charge in [-0.25, -0.2) is 4.99 Å². The van der Waals surface area contributed by atoms with Crippen molar-refractivity contribution in [1.82, 2.24) is 5.32 Å². The van der Waals surface area contributed by atoms with E-state index < -0.39 is 5.91 Å². The van der Waals surface area contributed by atoms with Gasteiger partial charge >= 0.3 is 0 Å². The number of benzene rings is 1. The predicted molar refractivity (Wildman–Crippen MR) is 101 cm³/mol. The molecule has 0 aromatic heterocycles. The molecule has 0 saturated heterocycles. The molecule has 3 rings (SSSR count). The van der Waals surface area contributed by atoms with Crippen LogP contribution in [0, 0.1) is 0 Å². The second-order valence-electron chi connectivity index (χ2n) is 6.28. The molecule has 5 N–H and O–H groups in total. The Morgan fingerprint density at radius 1 is 1.44 bits per heavy atom. The Balaban J connectivity index is 2.08. The molecular weight excluding hydrogens is 316 g/mol. The van der Waals surface area contributed by atoms with Crippen LogP contribution in [0.15, 0.2) is 45.8 Å². The van der Waals surface area contributed by atoms with Gasteiger partial charge in [-0.1, -0.05) is 18.2 Å². The van der Waals surface area contributed by atoms with Gasteiger partial charge in [0, 0.05) is 18.2 Å². The smallest absolute Gasteiger partial charge is 0.262 e. The molecule has 7 heteroatoms. The summed E-state index contributed by atoms with van der Waals surface area (Å²) >= 11 is 0. The second-order valence-corrected chi connectivity index (χ2v) is 6.28. The van der Waals surface area contributed by atoms with Crippen molar-refractivity contribution < 1.29 is 4.79 Å². The molecule has 25 heavy (non-hydrogen) atoms. The summed E-state index contributed by atoms with van der Waals surface area (Å²) in [5, 5.41) is 3.32. The summed E-state index contributed by atoms with van der Waals surface area (Å²) in [4.78, 5) is 22.5. The fourth-order valence-electron chi connectivity index (χ4n) is 3.30. The summed E-state index contributed by atoms with van der Waals surface area (Å²) in [5.41, 5.74) is 15.3. The van der Waals surface area contributed by atoms with Gasteiger partial charge in [0.05, 0.1) is 5.71 Å². The maximum atomic E-state index is 11.4. The van der Waals surface area contributed by atoms with E-state index in [1.807, 2.05) is 13.0 Å². The molecule has 0 saturated carbocycles. The maximum absolute atomic E-state index is 11.4. The van der Waals surface area contributed by atoms with Gasteiger partial charge in [-0.2, -0.15) is 0 Å². The number of allylic oxidation sites excluding steroid dienone is 1. The summed E-state index contributed by atoms with van der Waals surface area (Å²) in [6.07, 6.45) is 0.923. The van der Waals surface area contributed by atoms with E-state index in [1.54, 1.807) is 6.92 Å². The zero-order chi connectivity index (χ0) is 18.0. The summed E-state index contributed by atoms with van der Waals surface area (Å²) in [6, 6.07) is 8.33. The van der Waals surface area contributed by atoms with Crippen molar-refractivity contribution in [3.8, 4) is 0 Å². The van der Waals surface area contributed by atoms with Crippen LogP contribution in [0.5, 0.6) is 0 Å². The van der Waals surface area contributed by atoms with Gasteiger partial charge in [-0.05, 0) is 38.4 Å². The SMILES string of the molecule is CC1=NCNC(N2CC(CCN)c3ccccc32)=C1/N=C(\C)C(N)=O. The normalized spacial score (nSPS) is 20.3. The third kappa shape index (κ3) is 3.28. The van der Waals surface area contributed by atoms with Crippen molar-refractivity contribution in [1.29, 1.82) is 0 Å². The number of fused-ring (bicyclic) bond motifs is 1. The highest BCUT2D eigenvalue weighted by atomic mass is 16.1. The number of para-hydroxylation sites is 1. The molecule has 1 amide bonds. The van der Waals surface area contributed by atoms with Crippen molar-refractivity contribution in [3.63, 3.8) is 0 Å². The molecule has 0 spiro atoms. The molecule has 0 aliphatic carbocycles. The van der Waals surface area contributed by atoms with Crippen molar-refractivity contribution in [2.75, 3.05) is 24.7 Å². The lowest BCUT2D eigenvalue weighted by atomic mass is 9.98. The summed E-state index contributed by atoms with van der Waals surface area (Å²) in [5.74, 6) is 0.699. The van der Waals surface area contributed by atoms with Gasteiger partial charge in [-0.15, -0.1) is 0 Å². The monoisotopic (exact) mass is 340 g/mol. The topological polar surface area (TPSA) is 109 Å². The molecule has 1 atom stereocenters. The van der Waals surface area contributed by atoms with Crippen LogP contribution in [-0.4, -0.2) is 37.1 Å². The molecule has 2 aliphatic rings. The molecule has 0 radical (unpaired) electrons. The lowest BCUT2D eigenvalue weighted by molar-refractivity contribution is -0.112. The number of nitrogens with two attached hydrogens (primary N) is 2. The third-order valence-electron chi connectivity index (χ3n) is 4.62. The number of hydrogen-bond acceptors (Lipinski definition) is 6. The number of carbonyl (C=O) groups excluding carboxylic acids is 1. The molecule has 132 valence electrons. The van der Waals surface area contributed by atoms with Crippen LogP contribution in [0.4, 0.5) is 5.69 Å². The molecule has 1 unspecified atom stereocenters. The zero-order valence-electron chi connectivity index (χ0n) is 14.6. The first-order valence-electron chi connectivity index (χ1n) is 8.44. The third-order valence-corrected chi connectivity index (χ3v) is 4.62. The van der Waals surface area contributed by atoms with E-state index in [9.17, 15) is 4.79 Å². The fraction of sp³-hybridized carbons (Fsp3) is 0.389. The minimum atomic E-state index is -0.534. The van der Waals surface area contributed by atoms with Crippen LogP contribution in [0.2, 0.25) is 0 Å². The average molecular weight is 340 g/mol. The van der Waals surface area contributed by atoms with Crippen LogP contribution < -0.4 is 21.7 Å². The Hall–Kier alpha value is -2.67. The van der Waals surface area contributed by atoms with Gasteiger partial charge < -0.3 is 21.7 Å². The number of aliphatic imine (C=N–C) groups is 2. The number of anilines is 1. The number of nitrogens with one attached hydrogen (secondary N) is 1. The number of amides is 1. The van der Waals surface area contributed by atoms with Crippen LogP contribution >= 0.6 is 0 Å². The molecular formula is C18H24N6O. The van der Waals surface area contributed by atoms with Crippen molar-refractivity contribution >= 4 is 23.0 Å². The first-order chi connectivity index (χ1) is 12.0. The van der Waals surface area contributed by atoms with Crippen LogP contribution in [0.1, 0.15) is 31.7 Å². The number of primary amides is 1. The van der Waals surface area contributed by atoms with E-state index in [0.29, 0.717) is 24.8 Å². The second kappa shape index (κ2) is 7.06.